The second-order valence-electron chi connectivity index (χ2n) is 6.52. The zero-order valence-corrected chi connectivity index (χ0v) is 14.3. The third-order valence-electron chi connectivity index (χ3n) is 3.74. The molecule has 5 heteroatoms. The lowest BCUT2D eigenvalue weighted by molar-refractivity contribution is -0.141. The van der Waals surface area contributed by atoms with E-state index in [4.69, 9.17) is 23.2 Å². The Kier molecular flexibility index (Phi) is 5.18. The molecule has 0 spiro atoms. The SMILES string of the molecule is CC(C)(C)C(=O)N1CCN(Cc2c(Cl)cccc2Cl)CC1. The first-order valence-electron chi connectivity index (χ1n) is 7.23. The van der Waals surface area contributed by atoms with Crippen molar-refractivity contribution >= 4 is 29.1 Å². The van der Waals surface area contributed by atoms with Gasteiger partial charge in [-0.2, -0.15) is 0 Å². The highest BCUT2D eigenvalue weighted by atomic mass is 35.5. The van der Waals surface area contributed by atoms with Gasteiger partial charge in [-0.25, -0.2) is 0 Å². The highest BCUT2D eigenvalue weighted by molar-refractivity contribution is 6.35. The summed E-state index contributed by atoms with van der Waals surface area (Å²) in [4.78, 5) is 16.5. The second kappa shape index (κ2) is 6.55. The van der Waals surface area contributed by atoms with E-state index in [1.165, 1.54) is 0 Å². The number of benzene rings is 1. The van der Waals surface area contributed by atoms with E-state index < -0.39 is 0 Å². The van der Waals surface area contributed by atoms with Crippen LogP contribution >= 0.6 is 23.2 Å². The molecule has 0 bridgehead atoms. The molecule has 1 aromatic carbocycles. The first-order valence-corrected chi connectivity index (χ1v) is 7.99. The van der Waals surface area contributed by atoms with Crippen molar-refractivity contribution in [1.29, 1.82) is 0 Å². The summed E-state index contributed by atoms with van der Waals surface area (Å²) in [6.07, 6.45) is 0. The predicted octanol–water partition coefficient (Wildman–Crippen LogP) is 3.68. The summed E-state index contributed by atoms with van der Waals surface area (Å²) in [5.41, 5.74) is 0.658. The monoisotopic (exact) mass is 328 g/mol. The van der Waals surface area contributed by atoms with Gasteiger partial charge in [0, 0.05) is 53.7 Å². The summed E-state index contributed by atoms with van der Waals surface area (Å²) in [5, 5.41) is 1.41. The Hall–Kier alpha value is -0.770. The molecule has 0 saturated carbocycles. The molecular formula is C16H22Cl2N2O. The lowest BCUT2D eigenvalue weighted by atomic mass is 9.94. The van der Waals surface area contributed by atoms with Gasteiger partial charge in [0.05, 0.1) is 0 Å². The fourth-order valence-electron chi connectivity index (χ4n) is 2.49. The van der Waals surface area contributed by atoms with Crippen LogP contribution < -0.4 is 0 Å². The van der Waals surface area contributed by atoms with Gasteiger partial charge < -0.3 is 4.90 Å². The van der Waals surface area contributed by atoms with Gasteiger partial charge in [-0.15, -0.1) is 0 Å². The van der Waals surface area contributed by atoms with E-state index in [-0.39, 0.29) is 11.3 Å². The number of piperazine rings is 1. The van der Waals surface area contributed by atoms with Crippen molar-refractivity contribution in [3.63, 3.8) is 0 Å². The normalized spacial score (nSPS) is 17.1. The molecule has 21 heavy (non-hydrogen) atoms. The Balaban J connectivity index is 1.95. The molecule has 1 saturated heterocycles. The van der Waals surface area contributed by atoms with Crippen molar-refractivity contribution in [3.8, 4) is 0 Å². The largest absolute Gasteiger partial charge is 0.340 e. The standard InChI is InChI=1S/C16H22Cl2N2O/c1-16(2,3)15(21)20-9-7-19(8-10-20)11-12-13(17)5-4-6-14(12)18/h4-6H,7-11H2,1-3H3. The van der Waals surface area contributed by atoms with E-state index >= 15 is 0 Å². The molecule has 0 radical (unpaired) electrons. The number of carbonyl (C=O) groups excluding carboxylic acids is 1. The fraction of sp³-hybridized carbons (Fsp3) is 0.562. The highest BCUT2D eigenvalue weighted by Gasteiger charge is 2.29. The number of hydrogen-bond acceptors (Lipinski definition) is 2. The van der Waals surface area contributed by atoms with Crippen molar-refractivity contribution in [2.24, 2.45) is 5.41 Å². The fourth-order valence-corrected chi connectivity index (χ4v) is 3.01. The molecule has 116 valence electrons. The third kappa shape index (κ3) is 4.12. The van der Waals surface area contributed by atoms with Gasteiger partial charge in [0.15, 0.2) is 0 Å². The van der Waals surface area contributed by atoms with Crippen molar-refractivity contribution in [1.82, 2.24) is 9.80 Å². The minimum absolute atomic E-state index is 0.220. The molecular weight excluding hydrogens is 307 g/mol. The number of amides is 1. The molecule has 2 rings (SSSR count). The van der Waals surface area contributed by atoms with Crippen molar-refractivity contribution in [3.05, 3.63) is 33.8 Å². The van der Waals surface area contributed by atoms with Gasteiger partial charge in [0.1, 0.15) is 0 Å². The zero-order valence-electron chi connectivity index (χ0n) is 12.8. The van der Waals surface area contributed by atoms with E-state index in [2.05, 4.69) is 4.90 Å². The van der Waals surface area contributed by atoms with Gasteiger partial charge >= 0.3 is 0 Å². The molecule has 0 atom stereocenters. The molecule has 0 aliphatic carbocycles. The molecule has 1 aliphatic heterocycles. The van der Waals surface area contributed by atoms with Crippen LogP contribution in [0.4, 0.5) is 0 Å². The molecule has 1 aliphatic rings. The van der Waals surface area contributed by atoms with Crippen LogP contribution in [-0.2, 0) is 11.3 Å². The Labute approximate surface area is 136 Å². The minimum atomic E-state index is -0.311. The van der Waals surface area contributed by atoms with E-state index in [9.17, 15) is 4.79 Å². The van der Waals surface area contributed by atoms with E-state index in [0.29, 0.717) is 10.0 Å². The maximum Gasteiger partial charge on any atom is 0.228 e. The Morgan fingerprint density at radius 3 is 2.10 bits per heavy atom. The number of rotatable bonds is 2. The summed E-state index contributed by atoms with van der Waals surface area (Å²) >= 11 is 12.4. The van der Waals surface area contributed by atoms with Crippen molar-refractivity contribution < 1.29 is 4.79 Å². The molecule has 0 aromatic heterocycles. The van der Waals surface area contributed by atoms with E-state index in [1.807, 2.05) is 43.9 Å². The third-order valence-corrected chi connectivity index (χ3v) is 4.45. The Morgan fingerprint density at radius 1 is 1.10 bits per heavy atom. The average Bonchev–Trinajstić information content (AvgIpc) is 2.42. The molecule has 1 aromatic rings. The maximum absolute atomic E-state index is 12.3. The van der Waals surface area contributed by atoms with Gasteiger partial charge in [-0.1, -0.05) is 50.0 Å². The summed E-state index contributed by atoms with van der Waals surface area (Å²) in [6, 6.07) is 5.58. The van der Waals surface area contributed by atoms with Crippen LogP contribution in [0.15, 0.2) is 18.2 Å². The van der Waals surface area contributed by atoms with E-state index in [1.54, 1.807) is 0 Å². The van der Waals surface area contributed by atoms with Crippen molar-refractivity contribution in [2.75, 3.05) is 26.2 Å². The van der Waals surface area contributed by atoms with Crippen LogP contribution in [0.3, 0.4) is 0 Å². The number of halogens is 2. The highest BCUT2D eigenvalue weighted by Crippen LogP contribution is 2.26. The Morgan fingerprint density at radius 2 is 1.62 bits per heavy atom. The first kappa shape index (κ1) is 16.6. The summed E-state index contributed by atoms with van der Waals surface area (Å²) < 4.78 is 0. The van der Waals surface area contributed by atoms with Crippen LogP contribution in [0.25, 0.3) is 0 Å². The smallest absolute Gasteiger partial charge is 0.228 e. The van der Waals surface area contributed by atoms with E-state index in [0.717, 1.165) is 38.3 Å². The number of carbonyl (C=O) groups is 1. The van der Waals surface area contributed by atoms with Crippen LogP contribution in [-0.4, -0.2) is 41.9 Å². The average molecular weight is 329 g/mol. The maximum atomic E-state index is 12.3. The first-order chi connectivity index (χ1) is 9.79. The Bertz CT molecular complexity index is 497. The van der Waals surface area contributed by atoms with Gasteiger partial charge in [0.25, 0.3) is 0 Å². The number of nitrogens with zero attached hydrogens (tertiary/aromatic N) is 2. The molecule has 1 fully saturated rings. The minimum Gasteiger partial charge on any atom is -0.340 e. The summed E-state index contributed by atoms with van der Waals surface area (Å²) in [7, 11) is 0. The molecule has 0 N–H and O–H groups in total. The lowest BCUT2D eigenvalue weighted by Crippen LogP contribution is -2.51. The molecule has 1 amide bonds. The molecule has 3 nitrogen and oxygen atoms in total. The van der Waals surface area contributed by atoms with Crippen molar-refractivity contribution in [2.45, 2.75) is 27.3 Å². The van der Waals surface area contributed by atoms with Gasteiger partial charge in [-0.3, -0.25) is 9.69 Å². The predicted molar refractivity (Wildman–Crippen MR) is 87.8 cm³/mol. The van der Waals surface area contributed by atoms with Gasteiger partial charge in [-0.05, 0) is 12.1 Å². The number of hydrogen-bond donors (Lipinski definition) is 0. The van der Waals surface area contributed by atoms with Crippen LogP contribution in [0.2, 0.25) is 10.0 Å². The zero-order chi connectivity index (χ0) is 15.6. The topological polar surface area (TPSA) is 23.6 Å². The lowest BCUT2D eigenvalue weighted by Gasteiger charge is -2.37. The summed E-state index contributed by atoms with van der Waals surface area (Å²) in [5.74, 6) is 0.220. The van der Waals surface area contributed by atoms with Crippen LogP contribution in [0.1, 0.15) is 26.3 Å². The van der Waals surface area contributed by atoms with Crippen LogP contribution in [0.5, 0.6) is 0 Å². The molecule has 0 unspecified atom stereocenters. The van der Waals surface area contributed by atoms with Gasteiger partial charge in [0.2, 0.25) is 5.91 Å². The quantitative estimate of drug-likeness (QED) is 0.826. The molecule has 1 heterocycles. The van der Waals surface area contributed by atoms with Crippen LogP contribution in [0, 0.1) is 5.41 Å². The second-order valence-corrected chi connectivity index (χ2v) is 7.33. The summed E-state index contributed by atoms with van der Waals surface area (Å²) in [6.45, 7) is 9.85.